The number of phosphoric acid groups is 1. The van der Waals surface area contributed by atoms with E-state index in [1.54, 1.807) is 0 Å². The van der Waals surface area contributed by atoms with Gasteiger partial charge in [-0.05, 0) is 32.1 Å². The van der Waals surface area contributed by atoms with E-state index < -0.39 is 51.8 Å². The summed E-state index contributed by atoms with van der Waals surface area (Å²) in [6.45, 7) is 2.23. The van der Waals surface area contributed by atoms with Gasteiger partial charge in [0.15, 0.2) is 6.10 Å². The number of phosphoric ester groups is 1. The summed E-state index contributed by atoms with van der Waals surface area (Å²) in [5.41, 5.74) is 0. The lowest BCUT2D eigenvalue weighted by molar-refractivity contribution is -0.161. The summed E-state index contributed by atoms with van der Waals surface area (Å²) in [5, 5.41) is 18.1. The van der Waals surface area contributed by atoms with Crippen molar-refractivity contribution in [3.8, 4) is 0 Å². The van der Waals surface area contributed by atoms with Gasteiger partial charge in [-0.2, -0.15) is 0 Å². The molecule has 0 fully saturated rings. The molecule has 10 nitrogen and oxygen atoms in total. The highest BCUT2D eigenvalue weighted by Crippen LogP contribution is 2.43. The third-order valence-corrected chi connectivity index (χ3v) is 7.35. The topological polar surface area (TPSA) is 149 Å². The maximum atomic E-state index is 12.4. The molecule has 3 unspecified atom stereocenters. The lowest BCUT2D eigenvalue weighted by Gasteiger charge is -2.20. The number of ether oxygens (including phenoxy) is 2. The Morgan fingerprint density at radius 1 is 0.707 bits per heavy atom. The van der Waals surface area contributed by atoms with Crippen LogP contribution < -0.4 is 0 Å². The minimum atomic E-state index is -4.59. The number of allylic oxidation sites excluding steroid dienone is 2. The van der Waals surface area contributed by atoms with E-state index in [0.717, 1.165) is 64.2 Å². The number of hydrogen-bond donors (Lipinski definition) is 3. The van der Waals surface area contributed by atoms with Crippen molar-refractivity contribution >= 4 is 19.8 Å². The second kappa shape index (κ2) is 27.5. The summed E-state index contributed by atoms with van der Waals surface area (Å²) < 4.78 is 32.3. The van der Waals surface area contributed by atoms with Crippen LogP contribution in [-0.2, 0) is 32.7 Å². The Kier molecular flexibility index (Phi) is 26.7. The number of aliphatic hydroxyl groups is 2. The first-order valence-electron chi connectivity index (χ1n) is 15.6. The molecule has 11 heteroatoms. The van der Waals surface area contributed by atoms with Gasteiger partial charge < -0.3 is 24.6 Å². The molecule has 0 aromatic carbocycles. The Balaban J connectivity index is 4.50. The highest BCUT2D eigenvalue weighted by molar-refractivity contribution is 7.47. The number of esters is 2. The largest absolute Gasteiger partial charge is 0.472 e. The van der Waals surface area contributed by atoms with Crippen molar-refractivity contribution in [2.24, 2.45) is 0 Å². The molecule has 3 atom stereocenters. The molecule has 0 heterocycles. The van der Waals surface area contributed by atoms with Crippen LogP contribution in [0.2, 0.25) is 0 Å². The van der Waals surface area contributed by atoms with Gasteiger partial charge in [0, 0.05) is 12.8 Å². The molecule has 0 spiro atoms. The van der Waals surface area contributed by atoms with Crippen molar-refractivity contribution in [2.45, 2.75) is 142 Å². The Bertz CT molecular complexity index is 715. The van der Waals surface area contributed by atoms with E-state index in [4.69, 9.17) is 19.1 Å². The molecule has 3 N–H and O–H groups in total. The Morgan fingerprint density at radius 3 is 1.85 bits per heavy atom. The third-order valence-electron chi connectivity index (χ3n) is 6.40. The van der Waals surface area contributed by atoms with E-state index >= 15 is 0 Å². The standard InChI is InChI=1S/C30H57O10P/c1-3-5-7-9-11-13-14-16-18-20-22-30(34)40-28(26-39-41(35,36)38-24-27(32)23-31)25-37-29(33)21-19-17-15-12-10-8-6-4-2/h7,9,27-28,31-32H,3-6,8,10-26H2,1-2H3,(H,35,36)/b9-7-. The molecule has 0 amide bonds. The zero-order valence-electron chi connectivity index (χ0n) is 25.5. The van der Waals surface area contributed by atoms with Gasteiger partial charge in [-0.1, -0.05) is 96.6 Å². The summed E-state index contributed by atoms with van der Waals surface area (Å²) in [7, 11) is -4.59. The fourth-order valence-corrected chi connectivity index (χ4v) is 4.72. The molecule has 0 aliphatic heterocycles. The van der Waals surface area contributed by atoms with Crippen molar-refractivity contribution in [1.82, 2.24) is 0 Å². The fraction of sp³-hybridized carbons (Fsp3) is 0.867. The van der Waals surface area contributed by atoms with Crippen molar-refractivity contribution in [3.63, 3.8) is 0 Å². The molecule has 242 valence electrons. The number of unbranched alkanes of at least 4 members (excludes halogenated alkanes) is 13. The van der Waals surface area contributed by atoms with Gasteiger partial charge in [0.1, 0.15) is 12.7 Å². The minimum absolute atomic E-state index is 0.176. The summed E-state index contributed by atoms with van der Waals surface area (Å²) in [6, 6.07) is 0. The molecule has 0 bridgehead atoms. The maximum absolute atomic E-state index is 12.4. The van der Waals surface area contributed by atoms with E-state index in [-0.39, 0.29) is 19.4 Å². The van der Waals surface area contributed by atoms with E-state index in [0.29, 0.717) is 12.8 Å². The second-order valence-corrected chi connectivity index (χ2v) is 11.9. The van der Waals surface area contributed by atoms with Crippen LogP contribution in [0.1, 0.15) is 129 Å². The number of carbonyl (C=O) groups excluding carboxylic acids is 2. The quantitative estimate of drug-likeness (QED) is 0.0369. The first-order valence-corrected chi connectivity index (χ1v) is 17.1. The SMILES string of the molecule is CCC/C=C\CCCCCCCC(=O)OC(COC(=O)CCCCCCCCCC)COP(=O)(O)OCC(O)CO. The Morgan fingerprint density at radius 2 is 1.24 bits per heavy atom. The van der Waals surface area contributed by atoms with Crippen molar-refractivity contribution in [1.29, 1.82) is 0 Å². The van der Waals surface area contributed by atoms with Crippen LogP contribution in [0.25, 0.3) is 0 Å². The minimum Gasteiger partial charge on any atom is -0.462 e. The first kappa shape index (κ1) is 39.7. The van der Waals surface area contributed by atoms with Gasteiger partial charge >= 0.3 is 19.8 Å². The van der Waals surface area contributed by atoms with Crippen molar-refractivity contribution in [2.75, 3.05) is 26.4 Å². The smallest absolute Gasteiger partial charge is 0.462 e. The maximum Gasteiger partial charge on any atom is 0.472 e. The van der Waals surface area contributed by atoms with Crippen LogP contribution in [0.15, 0.2) is 12.2 Å². The van der Waals surface area contributed by atoms with Gasteiger partial charge in [0.2, 0.25) is 0 Å². The zero-order valence-corrected chi connectivity index (χ0v) is 26.4. The van der Waals surface area contributed by atoms with Crippen LogP contribution in [-0.4, -0.2) is 65.7 Å². The van der Waals surface area contributed by atoms with Gasteiger partial charge in [0.25, 0.3) is 0 Å². The average molecular weight is 609 g/mol. The zero-order chi connectivity index (χ0) is 30.6. The van der Waals surface area contributed by atoms with Crippen LogP contribution in [0, 0.1) is 0 Å². The van der Waals surface area contributed by atoms with E-state index in [9.17, 15) is 24.2 Å². The predicted molar refractivity (Wildman–Crippen MR) is 159 cm³/mol. The molecule has 0 saturated carbocycles. The average Bonchev–Trinajstić information content (AvgIpc) is 2.95. The molecule has 0 aromatic rings. The van der Waals surface area contributed by atoms with Crippen LogP contribution in [0.5, 0.6) is 0 Å². The Labute approximate surface area is 247 Å². The second-order valence-electron chi connectivity index (χ2n) is 10.5. The molecule has 0 radical (unpaired) electrons. The predicted octanol–water partition coefficient (Wildman–Crippen LogP) is 6.55. The molecule has 0 rings (SSSR count). The molecule has 0 aromatic heterocycles. The number of hydrogen-bond acceptors (Lipinski definition) is 9. The van der Waals surface area contributed by atoms with E-state index in [1.807, 2.05) is 0 Å². The normalized spacial score (nSPS) is 14.6. The van der Waals surface area contributed by atoms with Crippen LogP contribution in [0.3, 0.4) is 0 Å². The highest BCUT2D eigenvalue weighted by Gasteiger charge is 2.27. The number of rotatable bonds is 29. The molecule has 41 heavy (non-hydrogen) atoms. The fourth-order valence-electron chi connectivity index (χ4n) is 3.93. The van der Waals surface area contributed by atoms with Gasteiger partial charge in [-0.15, -0.1) is 0 Å². The highest BCUT2D eigenvalue weighted by atomic mass is 31.2. The van der Waals surface area contributed by atoms with Crippen LogP contribution in [0.4, 0.5) is 0 Å². The molecular formula is C30H57O10P. The molecular weight excluding hydrogens is 551 g/mol. The summed E-state index contributed by atoms with van der Waals surface area (Å²) in [6.07, 6.45) is 19.3. The van der Waals surface area contributed by atoms with E-state index in [2.05, 4.69) is 30.5 Å². The molecule has 0 aliphatic carbocycles. The van der Waals surface area contributed by atoms with Gasteiger partial charge in [-0.25, -0.2) is 4.57 Å². The van der Waals surface area contributed by atoms with Crippen LogP contribution >= 0.6 is 7.82 Å². The van der Waals surface area contributed by atoms with Gasteiger partial charge in [-0.3, -0.25) is 18.6 Å². The lowest BCUT2D eigenvalue weighted by Crippen LogP contribution is -2.29. The molecule has 0 saturated heterocycles. The number of carbonyl (C=O) groups is 2. The third kappa shape index (κ3) is 27.3. The lowest BCUT2D eigenvalue weighted by atomic mass is 10.1. The van der Waals surface area contributed by atoms with Crippen molar-refractivity contribution < 1.29 is 47.8 Å². The summed E-state index contributed by atoms with van der Waals surface area (Å²) in [5.74, 6) is -0.944. The summed E-state index contributed by atoms with van der Waals surface area (Å²) in [4.78, 5) is 34.4. The van der Waals surface area contributed by atoms with Gasteiger partial charge in [0.05, 0.1) is 19.8 Å². The first-order chi connectivity index (χ1) is 19.7. The molecule has 0 aliphatic rings. The van der Waals surface area contributed by atoms with Crippen molar-refractivity contribution in [3.05, 3.63) is 12.2 Å². The monoisotopic (exact) mass is 608 g/mol. The Hall–Kier alpha value is -1.29. The van der Waals surface area contributed by atoms with E-state index in [1.165, 1.54) is 25.7 Å². The summed E-state index contributed by atoms with van der Waals surface area (Å²) >= 11 is 0. The number of aliphatic hydroxyl groups excluding tert-OH is 2.